The molecule has 0 aromatic carbocycles. The molecule has 2 N–H and O–H groups in total. The molecule has 3 atom stereocenters. The number of hydrogen-bond donors (Lipinski definition) is 2. The highest BCUT2D eigenvalue weighted by molar-refractivity contribution is 4.88. The molecule has 0 aromatic rings. The molecular formula is C16H32N2O. The Hall–Kier alpha value is -0.120. The van der Waals surface area contributed by atoms with Crippen molar-refractivity contribution in [1.29, 1.82) is 0 Å². The molecule has 1 saturated carbocycles. The first-order valence-corrected chi connectivity index (χ1v) is 7.93. The van der Waals surface area contributed by atoms with Crippen LogP contribution in [0.4, 0.5) is 0 Å². The lowest BCUT2D eigenvalue weighted by Gasteiger charge is -2.38. The van der Waals surface area contributed by atoms with Gasteiger partial charge in [-0.25, -0.2) is 0 Å². The Morgan fingerprint density at radius 2 is 1.95 bits per heavy atom. The minimum absolute atomic E-state index is 0.0419. The van der Waals surface area contributed by atoms with Crippen molar-refractivity contribution in [2.75, 3.05) is 26.7 Å². The van der Waals surface area contributed by atoms with Gasteiger partial charge in [0, 0.05) is 25.7 Å². The van der Waals surface area contributed by atoms with Crippen molar-refractivity contribution in [1.82, 2.24) is 10.2 Å². The molecule has 1 saturated heterocycles. The molecule has 0 bridgehead atoms. The third-order valence-electron chi connectivity index (χ3n) is 4.38. The van der Waals surface area contributed by atoms with Gasteiger partial charge in [0.1, 0.15) is 0 Å². The Balaban J connectivity index is 1.77. The van der Waals surface area contributed by atoms with E-state index in [0.717, 1.165) is 26.1 Å². The predicted octanol–water partition coefficient (Wildman–Crippen LogP) is 2.10. The summed E-state index contributed by atoms with van der Waals surface area (Å²) in [5.41, 5.74) is 0.346. The molecule has 3 nitrogen and oxygen atoms in total. The summed E-state index contributed by atoms with van der Waals surface area (Å²) < 4.78 is 0. The van der Waals surface area contributed by atoms with Crippen molar-refractivity contribution in [3.8, 4) is 0 Å². The highest BCUT2D eigenvalue weighted by Gasteiger charge is 2.34. The van der Waals surface area contributed by atoms with Crippen LogP contribution in [0.2, 0.25) is 0 Å². The minimum atomic E-state index is -0.0419. The Morgan fingerprint density at radius 1 is 1.26 bits per heavy atom. The topological polar surface area (TPSA) is 35.5 Å². The first-order chi connectivity index (χ1) is 8.83. The van der Waals surface area contributed by atoms with Crippen LogP contribution in [0.3, 0.4) is 0 Å². The van der Waals surface area contributed by atoms with Gasteiger partial charge in [0.25, 0.3) is 0 Å². The Labute approximate surface area is 118 Å². The van der Waals surface area contributed by atoms with E-state index in [2.05, 4.69) is 38.0 Å². The number of piperidine rings is 1. The van der Waals surface area contributed by atoms with Crippen molar-refractivity contribution in [2.24, 2.45) is 17.3 Å². The third kappa shape index (κ3) is 5.41. The lowest BCUT2D eigenvalue weighted by molar-refractivity contribution is 0.0823. The van der Waals surface area contributed by atoms with Gasteiger partial charge in [0.2, 0.25) is 0 Å². The number of hydrogen-bond acceptors (Lipinski definition) is 3. The summed E-state index contributed by atoms with van der Waals surface area (Å²) in [7, 11) is 2.21. The van der Waals surface area contributed by atoms with Crippen molar-refractivity contribution in [3.05, 3.63) is 0 Å². The molecule has 3 heteroatoms. The second-order valence-corrected chi connectivity index (χ2v) is 8.10. The zero-order chi connectivity index (χ0) is 14.0. The van der Waals surface area contributed by atoms with Crippen LogP contribution in [0.15, 0.2) is 0 Å². The number of nitrogens with zero attached hydrogens (tertiary/aromatic N) is 1. The quantitative estimate of drug-likeness (QED) is 0.801. The molecular weight excluding hydrogens is 236 g/mol. The van der Waals surface area contributed by atoms with Gasteiger partial charge >= 0.3 is 0 Å². The Kier molecular flexibility index (Phi) is 4.91. The van der Waals surface area contributed by atoms with Crippen molar-refractivity contribution in [2.45, 2.75) is 58.6 Å². The predicted molar refractivity (Wildman–Crippen MR) is 80.2 cm³/mol. The highest BCUT2D eigenvalue weighted by atomic mass is 16.3. The van der Waals surface area contributed by atoms with Gasteiger partial charge in [-0.05, 0) is 50.0 Å². The van der Waals surface area contributed by atoms with Crippen molar-refractivity contribution >= 4 is 0 Å². The van der Waals surface area contributed by atoms with Gasteiger partial charge in [-0.2, -0.15) is 0 Å². The van der Waals surface area contributed by atoms with E-state index in [1.807, 2.05) is 0 Å². The standard InChI is InChI=1S/C16H32N2O/c1-16(2,3)11-17-14-7-12(9-18(4)10-14)8-15(19)13-5-6-13/h12-15,17,19H,5-11H2,1-4H3. The van der Waals surface area contributed by atoms with Crippen LogP contribution >= 0.6 is 0 Å². The third-order valence-corrected chi connectivity index (χ3v) is 4.38. The van der Waals surface area contributed by atoms with Gasteiger partial charge in [0.15, 0.2) is 0 Å². The van der Waals surface area contributed by atoms with E-state index in [0.29, 0.717) is 23.3 Å². The van der Waals surface area contributed by atoms with Gasteiger partial charge in [-0.15, -0.1) is 0 Å². The molecule has 2 aliphatic rings. The number of likely N-dealkylation sites (tertiary alicyclic amines) is 1. The smallest absolute Gasteiger partial charge is 0.0571 e. The van der Waals surface area contributed by atoms with Gasteiger partial charge in [-0.1, -0.05) is 20.8 Å². The molecule has 1 aliphatic carbocycles. The fourth-order valence-electron chi connectivity index (χ4n) is 3.23. The molecule has 0 amide bonds. The second kappa shape index (κ2) is 6.11. The zero-order valence-electron chi connectivity index (χ0n) is 13.2. The van der Waals surface area contributed by atoms with Crippen molar-refractivity contribution < 1.29 is 5.11 Å². The van der Waals surface area contributed by atoms with E-state index in [1.165, 1.54) is 19.3 Å². The van der Waals surface area contributed by atoms with E-state index >= 15 is 0 Å². The summed E-state index contributed by atoms with van der Waals surface area (Å²) in [6, 6.07) is 0.592. The fraction of sp³-hybridized carbons (Fsp3) is 1.00. The summed E-state index contributed by atoms with van der Waals surface area (Å²) in [6.07, 6.45) is 4.68. The second-order valence-electron chi connectivity index (χ2n) is 8.10. The first-order valence-electron chi connectivity index (χ1n) is 7.93. The molecule has 0 radical (unpaired) electrons. The lowest BCUT2D eigenvalue weighted by Crippen LogP contribution is -2.49. The molecule has 2 fully saturated rings. The molecule has 112 valence electrons. The number of aliphatic hydroxyl groups is 1. The summed E-state index contributed by atoms with van der Waals surface area (Å²) in [5.74, 6) is 1.28. The maximum absolute atomic E-state index is 10.1. The van der Waals surface area contributed by atoms with Crippen LogP contribution in [0.1, 0.15) is 46.5 Å². The average molecular weight is 268 g/mol. The average Bonchev–Trinajstić information content (AvgIpc) is 3.08. The van der Waals surface area contributed by atoms with Gasteiger partial charge in [0.05, 0.1) is 6.10 Å². The molecule has 0 spiro atoms. The molecule has 0 aromatic heterocycles. The lowest BCUT2D eigenvalue weighted by atomic mass is 9.88. The Bertz CT molecular complexity index is 283. The summed E-state index contributed by atoms with van der Waals surface area (Å²) in [5, 5.41) is 13.9. The van der Waals surface area contributed by atoms with E-state index in [4.69, 9.17) is 0 Å². The fourth-order valence-corrected chi connectivity index (χ4v) is 3.23. The number of nitrogens with one attached hydrogen (secondary N) is 1. The van der Waals surface area contributed by atoms with Crippen LogP contribution in [0.25, 0.3) is 0 Å². The normalized spacial score (nSPS) is 31.4. The maximum atomic E-state index is 10.1. The molecule has 19 heavy (non-hydrogen) atoms. The zero-order valence-corrected chi connectivity index (χ0v) is 13.2. The van der Waals surface area contributed by atoms with Crippen LogP contribution in [-0.2, 0) is 0 Å². The minimum Gasteiger partial charge on any atom is -0.393 e. The monoisotopic (exact) mass is 268 g/mol. The summed E-state index contributed by atoms with van der Waals surface area (Å²) >= 11 is 0. The van der Waals surface area contributed by atoms with Crippen LogP contribution in [0.5, 0.6) is 0 Å². The number of likely N-dealkylation sites (N-methyl/N-ethyl adjacent to an activating group) is 1. The largest absolute Gasteiger partial charge is 0.393 e. The van der Waals surface area contributed by atoms with Gasteiger partial charge in [-0.3, -0.25) is 0 Å². The van der Waals surface area contributed by atoms with E-state index in [1.54, 1.807) is 0 Å². The highest BCUT2D eigenvalue weighted by Crippen LogP contribution is 2.36. The summed E-state index contributed by atoms with van der Waals surface area (Å²) in [6.45, 7) is 10.2. The van der Waals surface area contributed by atoms with Crippen LogP contribution in [-0.4, -0.2) is 48.8 Å². The van der Waals surface area contributed by atoms with Crippen molar-refractivity contribution in [3.63, 3.8) is 0 Å². The molecule has 2 rings (SSSR count). The number of aliphatic hydroxyl groups excluding tert-OH is 1. The maximum Gasteiger partial charge on any atom is 0.0571 e. The van der Waals surface area contributed by atoms with E-state index in [9.17, 15) is 5.11 Å². The van der Waals surface area contributed by atoms with Crippen LogP contribution in [0, 0.1) is 17.3 Å². The van der Waals surface area contributed by atoms with E-state index < -0.39 is 0 Å². The summed E-state index contributed by atoms with van der Waals surface area (Å²) in [4.78, 5) is 2.42. The molecule has 1 aliphatic heterocycles. The molecule has 3 unspecified atom stereocenters. The SMILES string of the molecule is CN1CC(CC(O)C2CC2)CC(NCC(C)(C)C)C1. The van der Waals surface area contributed by atoms with Gasteiger partial charge < -0.3 is 15.3 Å². The first kappa shape index (κ1) is 15.3. The van der Waals surface area contributed by atoms with Crippen LogP contribution < -0.4 is 5.32 Å². The Morgan fingerprint density at radius 3 is 2.53 bits per heavy atom. The number of rotatable bonds is 5. The molecule has 1 heterocycles. The van der Waals surface area contributed by atoms with E-state index in [-0.39, 0.29) is 6.10 Å².